The molecule has 1 aliphatic rings. The van der Waals surface area contributed by atoms with Gasteiger partial charge in [-0.3, -0.25) is 4.90 Å². The van der Waals surface area contributed by atoms with Crippen molar-refractivity contribution < 1.29 is 14.2 Å². The van der Waals surface area contributed by atoms with E-state index in [0.29, 0.717) is 23.5 Å². The van der Waals surface area contributed by atoms with Crippen LogP contribution in [0.1, 0.15) is 5.82 Å². The molecule has 0 aliphatic carbocycles. The van der Waals surface area contributed by atoms with Crippen molar-refractivity contribution in [3.05, 3.63) is 24.0 Å². The fourth-order valence-corrected chi connectivity index (χ4v) is 2.79. The largest absolute Gasteiger partial charge is 0.497 e. The Morgan fingerprint density at radius 3 is 2.59 bits per heavy atom. The Labute approximate surface area is 159 Å². The molecule has 1 fully saturated rings. The van der Waals surface area contributed by atoms with Gasteiger partial charge in [-0.1, -0.05) is 0 Å². The Kier molecular flexibility index (Phi) is 6.61. The van der Waals surface area contributed by atoms with Crippen LogP contribution in [0.5, 0.6) is 11.5 Å². The van der Waals surface area contributed by atoms with E-state index in [2.05, 4.69) is 30.5 Å². The van der Waals surface area contributed by atoms with Gasteiger partial charge in [0.15, 0.2) is 0 Å². The van der Waals surface area contributed by atoms with Crippen LogP contribution in [0.2, 0.25) is 0 Å². The first-order valence-corrected chi connectivity index (χ1v) is 8.93. The van der Waals surface area contributed by atoms with Crippen LogP contribution in [-0.4, -0.2) is 73.5 Å². The molecular formula is C18H26N6O3. The number of morpholine rings is 1. The summed E-state index contributed by atoms with van der Waals surface area (Å²) in [6, 6.07) is 5.51. The smallest absolute Gasteiger partial charge is 0.232 e. The van der Waals surface area contributed by atoms with Gasteiger partial charge < -0.3 is 24.8 Å². The molecule has 0 radical (unpaired) electrons. The van der Waals surface area contributed by atoms with Gasteiger partial charge in [-0.2, -0.15) is 15.0 Å². The Morgan fingerprint density at radius 2 is 1.85 bits per heavy atom. The maximum atomic E-state index is 5.41. The summed E-state index contributed by atoms with van der Waals surface area (Å²) in [7, 11) is 3.23. The average Bonchev–Trinajstić information content (AvgIpc) is 2.69. The first kappa shape index (κ1) is 19.1. The number of anilines is 3. The van der Waals surface area contributed by atoms with Gasteiger partial charge in [0.1, 0.15) is 17.3 Å². The molecule has 0 amide bonds. The standard InChI is InChI=1S/C18H26N6O3/c1-13-20-17(19-6-7-24-8-10-27-11-9-24)23-18(21-13)22-15-5-4-14(25-2)12-16(15)26-3/h4-5,12H,6-11H2,1-3H3,(H2,19,20,21,22,23). The number of aryl methyl sites for hydroxylation is 1. The lowest BCUT2D eigenvalue weighted by atomic mass is 10.2. The molecule has 2 heterocycles. The molecule has 9 heteroatoms. The zero-order valence-corrected chi connectivity index (χ0v) is 16.0. The van der Waals surface area contributed by atoms with Crippen LogP contribution in [0.15, 0.2) is 18.2 Å². The number of hydrogen-bond acceptors (Lipinski definition) is 9. The quantitative estimate of drug-likeness (QED) is 0.716. The maximum Gasteiger partial charge on any atom is 0.232 e. The predicted molar refractivity (Wildman–Crippen MR) is 103 cm³/mol. The highest BCUT2D eigenvalue weighted by Crippen LogP contribution is 2.30. The van der Waals surface area contributed by atoms with Gasteiger partial charge in [0.2, 0.25) is 11.9 Å². The van der Waals surface area contributed by atoms with E-state index in [1.807, 2.05) is 19.1 Å². The summed E-state index contributed by atoms with van der Waals surface area (Å²) in [6.07, 6.45) is 0. The number of methoxy groups -OCH3 is 2. The van der Waals surface area contributed by atoms with E-state index >= 15 is 0 Å². The summed E-state index contributed by atoms with van der Waals surface area (Å²) < 4.78 is 16.0. The van der Waals surface area contributed by atoms with E-state index in [1.54, 1.807) is 20.3 Å². The molecule has 2 N–H and O–H groups in total. The molecule has 0 unspecified atom stereocenters. The molecule has 1 aromatic carbocycles. The SMILES string of the molecule is COc1ccc(Nc2nc(C)nc(NCCN3CCOCC3)n2)c(OC)c1. The molecule has 9 nitrogen and oxygen atoms in total. The summed E-state index contributed by atoms with van der Waals surface area (Å²) in [6.45, 7) is 7.03. The van der Waals surface area contributed by atoms with Crippen LogP contribution in [0, 0.1) is 6.92 Å². The zero-order valence-electron chi connectivity index (χ0n) is 16.0. The van der Waals surface area contributed by atoms with E-state index in [1.165, 1.54) is 0 Å². The average molecular weight is 374 g/mol. The third kappa shape index (κ3) is 5.41. The van der Waals surface area contributed by atoms with Crippen LogP contribution >= 0.6 is 0 Å². The Hall–Kier alpha value is -2.65. The number of rotatable bonds is 8. The third-order valence-electron chi connectivity index (χ3n) is 4.22. The van der Waals surface area contributed by atoms with Crippen molar-refractivity contribution in [3.63, 3.8) is 0 Å². The zero-order chi connectivity index (χ0) is 19.1. The minimum Gasteiger partial charge on any atom is -0.497 e. The third-order valence-corrected chi connectivity index (χ3v) is 4.22. The lowest BCUT2D eigenvalue weighted by Gasteiger charge is -2.26. The van der Waals surface area contributed by atoms with E-state index in [9.17, 15) is 0 Å². The summed E-state index contributed by atoms with van der Waals surface area (Å²) in [5, 5.41) is 6.46. The number of benzene rings is 1. The van der Waals surface area contributed by atoms with Gasteiger partial charge >= 0.3 is 0 Å². The number of aromatic nitrogens is 3. The molecule has 0 spiro atoms. The lowest BCUT2D eigenvalue weighted by molar-refractivity contribution is 0.0398. The highest BCUT2D eigenvalue weighted by Gasteiger charge is 2.11. The van der Waals surface area contributed by atoms with Crippen molar-refractivity contribution in [2.45, 2.75) is 6.92 Å². The van der Waals surface area contributed by atoms with Gasteiger partial charge in [0.05, 0.1) is 33.1 Å². The van der Waals surface area contributed by atoms with Crippen LogP contribution < -0.4 is 20.1 Å². The van der Waals surface area contributed by atoms with Crippen molar-refractivity contribution in [2.24, 2.45) is 0 Å². The van der Waals surface area contributed by atoms with Crippen LogP contribution in [0.4, 0.5) is 17.6 Å². The number of nitrogens with one attached hydrogen (secondary N) is 2. The van der Waals surface area contributed by atoms with Crippen molar-refractivity contribution in [3.8, 4) is 11.5 Å². The summed E-state index contributed by atoms with van der Waals surface area (Å²) in [5.41, 5.74) is 0.753. The molecule has 3 rings (SSSR count). The molecule has 1 aromatic heterocycles. The monoisotopic (exact) mass is 374 g/mol. The van der Waals surface area contributed by atoms with Gasteiger partial charge in [0, 0.05) is 32.2 Å². The second-order valence-electron chi connectivity index (χ2n) is 6.10. The number of ether oxygens (including phenoxy) is 3. The van der Waals surface area contributed by atoms with Crippen molar-refractivity contribution in [2.75, 3.05) is 64.2 Å². The molecule has 1 saturated heterocycles. The number of hydrogen-bond donors (Lipinski definition) is 2. The van der Waals surface area contributed by atoms with E-state index in [-0.39, 0.29) is 0 Å². The van der Waals surface area contributed by atoms with Crippen molar-refractivity contribution in [1.29, 1.82) is 0 Å². The van der Waals surface area contributed by atoms with Crippen LogP contribution in [-0.2, 0) is 4.74 Å². The second kappa shape index (κ2) is 9.33. The fourth-order valence-electron chi connectivity index (χ4n) is 2.79. The Bertz CT molecular complexity index is 752. The highest BCUT2D eigenvalue weighted by molar-refractivity contribution is 5.64. The van der Waals surface area contributed by atoms with E-state index in [4.69, 9.17) is 14.2 Å². The summed E-state index contributed by atoms with van der Waals surface area (Å²) in [4.78, 5) is 15.5. The Morgan fingerprint density at radius 1 is 1.07 bits per heavy atom. The summed E-state index contributed by atoms with van der Waals surface area (Å²) in [5.74, 6) is 3.00. The molecule has 1 aliphatic heterocycles. The lowest BCUT2D eigenvalue weighted by Crippen LogP contribution is -2.39. The predicted octanol–water partition coefficient (Wildman–Crippen LogP) is 1.68. The molecule has 2 aromatic rings. The van der Waals surface area contributed by atoms with Crippen LogP contribution in [0.3, 0.4) is 0 Å². The first-order valence-electron chi connectivity index (χ1n) is 8.93. The van der Waals surface area contributed by atoms with E-state index in [0.717, 1.165) is 50.8 Å². The molecule has 0 bridgehead atoms. The molecule has 0 atom stereocenters. The van der Waals surface area contributed by atoms with Gasteiger partial charge in [-0.05, 0) is 19.1 Å². The normalized spacial score (nSPS) is 14.6. The maximum absolute atomic E-state index is 5.41. The molecule has 0 saturated carbocycles. The number of nitrogens with zero attached hydrogens (tertiary/aromatic N) is 4. The van der Waals surface area contributed by atoms with Crippen molar-refractivity contribution >= 4 is 17.6 Å². The molecule has 146 valence electrons. The van der Waals surface area contributed by atoms with Gasteiger partial charge in [0.25, 0.3) is 0 Å². The minimum absolute atomic E-state index is 0.458. The highest BCUT2D eigenvalue weighted by atomic mass is 16.5. The van der Waals surface area contributed by atoms with Gasteiger partial charge in [-0.15, -0.1) is 0 Å². The fraction of sp³-hybridized carbons (Fsp3) is 0.500. The second-order valence-corrected chi connectivity index (χ2v) is 6.10. The minimum atomic E-state index is 0.458. The van der Waals surface area contributed by atoms with Gasteiger partial charge in [-0.25, -0.2) is 0 Å². The van der Waals surface area contributed by atoms with E-state index < -0.39 is 0 Å². The van der Waals surface area contributed by atoms with Crippen LogP contribution in [0.25, 0.3) is 0 Å². The first-order chi connectivity index (χ1) is 13.2. The molecule has 27 heavy (non-hydrogen) atoms. The Balaban J connectivity index is 1.64. The molecular weight excluding hydrogens is 348 g/mol. The summed E-state index contributed by atoms with van der Waals surface area (Å²) >= 11 is 0. The van der Waals surface area contributed by atoms with Crippen molar-refractivity contribution in [1.82, 2.24) is 19.9 Å². The topological polar surface area (TPSA) is 93.7 Å².